The van der Waals surface area contributed by atoms with Gasteiger partial charge in [-0.05, 0) is 77.5 Å². The lowest BCUT2D eigenvalue weighted by atomic mass is 9.87. The van der Waals surface area contributed by atoms with Gasteiger partial charge < -0.3 is 20.3 Å². The third kappa shape index (κ3) is 7.81. The Morgan fingerprint density at radius 1 is 0.973 bits per heavy atom. The highest BCUT2D eigenvalue weighted by atomic mass is 16.6. The lowest BCUT2D eigenvalue weighted by Gasteiger charge is -2.44. The molecule has 0 aromatic heterocycles. The van der Waals surface area contributed by atoms with Crippen LogP contribution in [0.3, 0.4) is 0 Å². The topological polar surface area (TPSA) is 87.7 Å². The van der Waals surface area contributed by atoms with Crippen LogP contribution in [0.2, 0.25) is 0 Å². The molecule has 1 fully saturated rings. The van der Waals surface area contributed by atoms with Gasteiger partial charge in [0, 0.05) is 18.5 Å². The second-order valence-electron chi connectivity index (χ2n) is 11.1. The minimum atomic E-state index is -0.892. The van der Waals surface area contributed by atoms with E-state index >= 15 is 0 Å². The minimum Gasteiger partial charge on any atom is -0.444 e. The highest BCUT2D eigenvalue weighted by Crippen LogP contribution is 2.35. The van der Waals surface area contributed by atoms with Crippen molar-refractivity contribution < 1.29 is 19.1 Å². The second-order valence-corrected chi connectivity index (χ2v) is 11.1. The predicted molar refractivity (Wildman–Crippen MR) is 145 cm³/mol. The van der Waals surface area contributed by atoms with E-state index < -0.39 is 23.8 Å². The normalized spacial score (nSPS) is 15.3. The first-order valence-electron chi connectivity index (χ1n) is 13.2. The molecule has 2 unspecified atom stereocenters. The molecule has 0 saturated heterocycles. The van der Waals surface area contributed by atoms with Crippen molar-refractivity contribution in [1.82, 2.24) is 15.5 Å². The zero-order chi connectivity index (χ0) is 27.2. The van der Waals surface area contributed by atoms with Crippen molar-refractivity contribution in [2.75, 3.05) is 0 Å². The van der Waals surface area contributed by atoms with Crippen molar-refractivity contribution in [3.8, 4) is 0 Å². The summed E-state index contributed by atoms with van der Waals surface area (Å²) in [6.45, 7) is 11.1. The molecule has 1 saturated carbocycles. The first-order chi connectivity index (χ1) is 17.5. The van der Waals surface area contributed by atoms with E-state index in [1.54, 1.807) is 25.7 Å². The lowest BCUT2D eigenvalue weighted by molar-refractivity contribution is -0.147. The van der Waals surface area contributed by atoms with Gasteiger partial charge in [0.25, 0.3) is 0 Å². The summed E-state index contributed by atoms with van der Waals surface area (Å²) in [5, 5.41) is 5.84. The number of alkyl carbamates (subject to hydrolysis) is 1. The number of carbonyl (C=O) groups excluding carboxylic acids is 3. The molecule has 2 N–H and O–H groups in total. The van der Waals surface area contributed by atoms with Crippen LogP contribution in [-0.2, 0) is 20.7 Å². The van der Waals surface area contributed by atoms with Gasteiger partial charge in [-0.15, -0.1) is 0 Å². The summed E-state index contributed by atoms with van der Waals surface area (Å²) >= 11 is 0. The molecule has 0 bridgehead atoms. The molecule has 1 aliphatic carbocycles. The number of carbonyl (C=O) groups is 3. The monoisotopic (exact) mass is 507 g/mol. The van der Waals surface area contributed by atoms with Crippen LogP contribution in [0.4, 0.5) is 4.79 Å². The fraction of sp³-hybridized carbons (Fsp3) is 0.500. The molecule has 7 nitrogen and oxygen atoms in total. The zero-order valence-corrected chi connectivity index (χ0v) is 22.9. The molecule has 7 heteroatoms. The molecule has 0 radical (unpaired) electrons. The molecule has 1 aliphatic rings. The Hall–Kier alpha value is -3.35. The molecular weight excluding hydrogens is 466 g/mol. The molecule has 0 aliphatic heterocycles. The first-order valence-corrected chi connectivity index (χ1v) is 13.2. The summed E-state index contributed by atoms with van der Waals surface area (Å²) in [5.74, 6) is -0.508. The van der Waals surface area contributed by atoms with Crippen molar-refractivity contribution in [1.29, 1.82) is 0 Å². The molecule has 2 atom stereocenters. The predicted octanol–water partition coefficient (Wildman–Crippen LogP) is 5.08. The van der Waals surface area contributed by atoms with Gasteiger partial charge in [-0.25, -0.2) is 4.79 Å². The van der Waals surface area contributed by atoms with Crippen molar-refractivity contribution in [3.05, 3.63) is 71.3 Å². The molecule has 0 heterocycles. The van der Waals surface area contributed by atoms with Gasteiger partial charge >= 0.3 is 6.09 Å². The third-order valence-corrected chi connectivity index (χ3v) is 6.43. The summed E-state index contributed by atoms with van der Waals surface area (Å²) in [6, 6.07) is 15.4. The zero-order valence-electron chi connectivity index (χ0n) is 22.9. The van der Waals surface area contributed by atoms with Crippen LogP contribution in [0.15, 0.2) is 54.6 Å². The van der Waals surface area contributed by atoms with Gasteiger partial charge in [0.2, 0.25) is 11.8 Å². The molecule has 200 valence electrons. The van der Waals surface area contributed by atoms with E-state index in [2.05, 4.69) is 10.6 Å². The number of hydrogen-bond acceptors (Lipinski definition) is 4. The standard InChI is InChI=1S/C30H41N3O4/c1-20(2)31-27(34)26(24-18-11-10-13-21(24)3)33(23-16-12-17-23)28(35)25(19-22-14-8-7-9-15-22)32-29(36)37-30(4,5)6/h7-11,13-15,18,20,23,25-26H,12,16-17,19H2,1-6H3,(H,31,34)(H,32,36). The van der Waals surface area contributed by atoms with Crippen LogP contribution < -0.4 is 10.6 Å². The average molecular weight is 508 g/mol. The number of hydrogen-bond donors (Lipinski definition) is 2. The van der Waals surface area contributed by atoms with Gasteiger partial charge in [0.1, 0.15) is 17.7 Å². The number of aryl methyl sites for hydroxylation is 1. The number of ether oxygens (including phenoxy) is 1. The SMILES string of the molecule is Cc1ccccc1C(C(=O)NC(C)C)N(C(=O)C(Cc1ccccc1)NC(=O)OC(C)(C)C)C1CCC1. The van der Waals surface area contributed by atoms with E-state index in [4.69, 9.17) is 4.74 Å². The number of rotatable bonds is 9. The molecule has 2 aromatic rings. The van der Waals surface area contributed by atoms with Crippen LogP contribution >= 0.6 is 0 Å². The van der Waals surface area contributed by atoms with E-state index in [1.165, 1.54) is 0 Å². The van der Waals surface area contributed by atoms with E-state index in [1.807, 2.05) is 75.4 Å². The minimum absolute atomic E-state index is 0.0858. The summed E-state index contributed by atoms with van der Waals surface area (Å²) < 4.78 is 5.50. The fourth-order valence-electron chi connectivity index (χ4n) is 4.54. The van der Waals surface area contributed by atoms with Gasteiger partial charge in [-0.2, -0.15) is 0 Å². The number of nitrogens with zero attached hydrogens (tertiary/aromatic N) is 1. The molecule has 3 rings (SSSR count). The van der Waals surface area contributed by atoms with Crippen molar-refractivity contribution in [2.24, 2.45) is 0 Å². The Balaban J connectivity index is 2.04. The summed E-state index contributed by atoms with van der Waals surface area (Å²) in [4.78, 5) is 42.6. The summed E-state index contributed by atoms with van der Waals surface area (Å²) in [6.07, 6.45) is 2.24. The lowest BCUT2D eigenvalue weighted by Crippen LogP contribution is -2.58. The largest absolute Gasteiger partial charge is 0.444 e. The molecule has 0 spiro atoms. The van der Waals surface area contributed by atoms with Crippen LogP contribution in [0, 0.1) is 6.92 Å². The Morgan fingerprint density at radius 3 is 2.14 bits per heavy atom. The van der Waals surface area contributed by atoms with Gasteiger partial charge in [0.15, 0.2) is 0 Å². The number of benzene rings is 2. The van der Waals surface area contributed by atoms with Crippen LogP contribution in [0.5, 0.6) is 0 Å². The van der Waals surface area contributed by atoms with Gasteiger partial charge in [-0.1, -0.05) is 54.6 Å². The summed E-state index contributed by atoms with van der Waals surface area (Å²) in [7, 11) is 0. The fourth-order valence-corrected chi connectivity index (χ4v) is 4.54. The first kappa shape index (κ1) is 28.2. The number of amides is 3. The maximum atomic E-state index is 14.4. The van der Waals surface area contributed by atoms with Crippen molar-refractivity contribution >= 4 is 17.9 Å². The Labute approximate surface area is 221 Å². The maximum Gasteiger partial charge on any atom is 0.408 e. The van der Waals surface area contributed by atoms with E-state index in [0.29, 0.717) is 0 Å². The van der Waals surface area contributed by atoms with Gasteiger partial charge in [-0.3, -0.25) is 9.59 Å². The molecular formula is C30H41N3O4. The van der Waals surface area contributed by atoms with E-state index in [0.717, 1.165) is 36.0 Å². The summed E-state index contributed by atoms with van der Waals surface area (Å²) in [5.41, 5.74) is 1.92. The van der Waals surface area contributed by atoms with Crippen LogP contribution in [0.1, 0.15) is 76.6 Å². The Kier molecular flexibility index (Phi) is 9.35. The smallest absolute Gasteiger partial charge is 0.408 e. The second kappa shape index (κ2) is 12.3. The highest BCUT2D eigenvalue weighted by Gasteiger charge is 2.42. The van der Waals surface area contributed by atoms with Gasteiger partial charge in [0.05, 0.1) is 0 Å². The Bertz CT molecular complexity index is 1070. The Morgan fingerprint density at radius 2 is 1.59 bits per heavy atom. The third-order valence-electron chi connectivity index (χ3n) is 6.43. The number of nitrogens with one attached hydrogen (secondary N) is 2. The van der Waals surface area contributed by atoms with Crippen LogP contribution in [0.25, 0.3) is 0 Å². The molecule has 3 amide bonds. The van der Waals surface area contributed by atoms with Crippen molar-refractivity contribution in [2.45, 2.75) is 97.0 Å². The van der Waals surface area contributed by atoms with E-state index in [-0.39, 0.29) is 30.3 Å². The average Bonchev–Trinajstić information content (AvgIpc) is 2.76. The molecule has 2 aromatic carbocycles. The van der Waals surface area contributed by atoms with Crippen LogP contribution in [-0.4, -0.2) is 46.5 Å². The quantitative estimate of drug-likeness (QED) is 0.496. The highest BCUT2D eigenvalue weighted by molar-refractivity contribution is 5.93. The molecule has 37 heavy (non-hydrogen) atoms. The van der Waals surface area contributed by atoms with E-state index in [9.17, 15) is 14.4 Å². The van der Waals surface area contributed by atoms with Crippen molar-refractivity contribution in [3.63, 3.8) is 0 Å². The maximum absolute atomic E-state index is 14.4.